The van der Waals surface area contributed by atoms with Crippen molar-refractivity contribution in [2.24, 2.45) is 16.7 Å². The van der Waals surface area contributed by atoms with Crippen LogP contribution in [0.1, 0.15) is 37.8 Å². The van der Waals surface area contributed by atoms with E-state index in [0.717, 1.165) is 19.3 Å². The molecule has 21 heavy (non-hydrogen) atoms. The molecule has 2 heterocycles. The maximum Gasteiger partial charge on any atom is 0.307 e. The quantitative estimate of drug-likeness (QED) is 0.930. The summed E-state index contributed by atoms with van der Waals surface area (Å²) in [6.07, 6.45) is 3.15. The average Bonchev–Trinajstić information content (AvgIpc) is 2.67. The van der Waals surface area contributed by atoms with Gasteiger partial charge < -0.3 is 14.4 Å². The molecule has 1 atom stereocenters. The number of rotatable bonds is 3. The molecule has 0 unspecified atom stereocenters. The van der Waals surface area contributed by atoms with Gasteiger partial charge in [0.2, 0.25) is 0 Å². The van der Waals surface area contributed by atoms with E-state index < -0.39 is 0 Å². The van der Waals surface area contributed by atoms with Crippen LogP contribution in [-0.4, -0.2) is 29.5 Å². The molecule has 3 rings (SSSR count). The standard InChI is InChI=1S/C16H25NO3S/c1-15(2,3)11-4-5-12-13(6-11)21-14(19)17(12)7-16(8-18)9-20-10-16/h11,18H,4-10H2,1-3H3/t11-/m0/s1. The number of fused-ring (bicyclic) bond motifs is 1. The van der Waals surface area contributed by atoms with Gasteiger partial charge in [-0.25, -0.2) is 0 Å². The lowest BCUT2D eigenvalue weighted by molar-refractivity contribution is -0.145. The molecule has 0 spiro atoms. The Morgan fingerprint density at radius 1 is 1.43 bits per heavy atom. The van der Waals surface area contributed by atoms with Crippen molar-refractivity contribution in [2.45, 2.75) is 46.6 Å². The summed E-state index contributed by atoms with van der Waals surface area (Å²) in [5.41, 5.74) is 1.27. The Labute approximate surface area is 129 Å². The summed E-state index contributed by atoms with van der Waals surface area (Å²) in [6.45, 7) is 8.68. The Morgan fingerprint density at radius 3 is 2.67 bits per heavy atom. The van der Waals surface area contributed by atoms with Gasteiger partial charge in [0, 0.05) is 17.1 Å². The summed E-state index contributed by atoms with van der Waals surface area (Å²) in [4.78, 5) is 13.8. The highest BCUT2D eigenvalue weighted by molar-refractivity contribution is 7.09. The first kappa shape index (κ1) is 15.3. The van der Waals surface area contributed by atoms with Crippen molar-refractivity contribution in [3.63, 3.8) is 0 Å². The van der Waals surface area contributed by atoms with Crippen molar-refractivity contribution in [3.05, 3.63) is 20.2 Å². The Hall–Kier alpha value is -0.650. The Bertz CT molecular complexity index is 572. The molecule has 0 radical (unpaired) electrons. The predicted octanol–water partition coefficient (Wildman–Crippen LogP) is 2.07. The van der Waals surface area contributed by atoms with Gasteiger partial charge in [0.15, 0.2) is 0 Å². The van der Waals surface area contributed by atoms with Crippen molar-refractivity contribution in [3.8, 4) is 0 Å². The molecular weight excluding hydrogens is 286 g/mol. The lowest BCUT2D eigenvalue weighted by Crippen LogP contribution is -2.50. The third-order valence-corrected chi connectivity index (χ3v) is 6.15. The van der Waals surface area contributed by atoms with Crippen molar-refractivity contribution in [1.82, 2.24) is 4.57 Å². The number of hydrogen-bond donors (Lipinski definition) is 1. The number of nitrogens with zero attached hydrogens (tertiary/aromatic N) is 1. The molecule has 1 aliphatic heterocycles. The van der Waals surface area contributed by atoms with Crippen molar-refractivity contribution in [2.75, 3.05) is 19.8 Å². The monoisotopic (exact) mass is 311 g/mol. The van der Waals surface area contributed by atoms with Crippen LogP contribution in [0.4, 0.5) is 0 Å². The highest BCUT2D eigenvalue weighted by Crippen LogP contribution is 2.39. The van der Waals surface area contributed by atoms with E-state index in [4.69, 9.17) is 4.74 Å². The van der Waals surface area contributed by atoms with Crippen LogP contribution in [0.25, 0.3) is 0 Å². The molecular formula is C16H25NO3S. The highest BCUT2D eigenvalue weighted by Gasteiger charge is 2.40. The third-order valence-electron chi connectivity index (χ3n) is 5.11. The molecule has 0 amide bonds. The fraction of sp³-hybridized carbons (Fsp3) is 0.812. The number of aromatic nitrogens is 1. The number of hydrogen-bond acceptors (Lipinski definition) is 4. The largest absolute Gasteiger partial charge is 0.396 e. The number of aliphatic hydroxyl groups excluding tert-OH is 1. The zero-order valence-corrected chi connectivity index (χ0v) is 14.0. The minimum absolute atomic E-state index is 0.0919. The molecule has 4 nitrogen and oxygen atoms in total. The van der Waals surface area contributed by atoms with E-state index in [2.05, 4.69) is 20.8 Å². The SMILES string of the molecule is CC(C)(C)[C@H]1CCc2c(sc(=O)n2CC2(CO)COC2)C1. The van der Waals surface area contributed by atoms with Gasteiger partial charge >= 0.3 is 4.87 Å². The summed E-state index contributed by atoms with van der Waals surface area (Å²) in [6, 6.07) is 0. The first-order valence-corrected chi connectivity index (χ1v) is 8.56. The van der Waals surface area contributed by atoms with Crippen molar-refractivity contribution in [1.29, 1.82) is 0 Å². The lowest BCUT2D eigenvalue weighted by Gasteiger charge is -2.40. The van der Waals surface area contributed by atoms with E-state index in [1.54, 1.807) is 0 Å². The van der Waals surface area contributed by atoms with Gasteiger partial charge in [-0.05, 0) is 30.6 Å². The maximum atomic E-state index is 12.4. The first-order valence-electron chi connectivity index (χ1n) is 7.75. The number of thiazole rings is 1. The molecule has 2 aliphatic rings. The van der Waals surface area contributed by atoms with Crippen LogP contribution >= 0.6 is 11.3 Å². The average molecular weight is 311 g/mol. The predicted molar refractivity (Wildman–Crippen MR) is 83.9 cm³/mol. The number of ether oxygens (including phenoxy) is 1. The molecule has 1 aromatic heterocycles. The first-order chi connectivity index (χ1) is 9.85. The molecule has 0 aromatic carbocycles. The van der Waals surface area contributed by atoms with E-state index in [-0.39, 0.29) is 16.9 Å². The molecule has 0 bridgehead atoms. The zero-order chi connectivity index (χ0) is 15.3. The minimum Gasteiger partial charge on any atom is -0.396 e. The van der Waals surface area contributed by atoms with Crippen LogP contribution in [0.5, 0.6) is 0 Å². The molecule has 5 heteroatoms. The van der Waals surface area contributed by atoms with Crippen LogP contribution in [0.2, 0.25) is 0 Å². The van der Waals surface area contributed by atoms with Gasteiger partial charge in [-0.3, -0.25) is 4.79 Å². The molecule has 118 valence electrons. The zero-order valence-electron chi connectivity index (χ0n) is 13.1. The molecule has 1 aliphatic carbocycles. The second-order valence-corrected chi connectivity index (χ2v) is 8.83. The Kier molecular flexibility index (Phi) is 3.79. The fourth-order valence-electron chi connectivity index (χ4n) is 3.41. The fourth-order valence-corrected chi connectivity index (χ4v) is 4.52. The lowest BCUT2D eigenvalue weighted by atomic mass is 9.73. The Morgan fingerprint density at radius 2 is 2.14 bits per heavy atom. The molecule has 1 fully saturated rings. The van der Waals surface area contributed by atoms with Crippen LogP contribution in [0.15, 0.2) is 4.79 Å². The van der Waals surface area contributed by atoms with E-state index >= 15 is 0 Å². The Balaban J connectivity index is 1.86. The second kappa shape index (κ2) is 5.21. The smallest absolute Gasteiger partial charge is 0.307 e. The van der Waals surface area contributed by atoms with Gasteiger partial charge in [-0.15, -0.1) is 0 Å². The summed E-state index contributed by atoms with van der Waals surface area (Å²) >= 11 is 1.41. The van der Waals surface area contributed by atoms with E-state index in [9.17, 15) is 9.90 Å². The van der Waals surface area contributed by atoms with Gasteiger partial charge in [0.25, 0.3) is 0 Å². The van der Waals surface area contributed by atoms with Gasteiger partial charge in [0.05, 0.1) is 25.2 Å². The van der Waals surface area contributed by atoms with Crippen LogP contribution < -0.4 is 4.87 Å². The number of aliphatic hydroxyl groups is 1. The summed E-state index contributed by atoms with van der Waals surface area (Å²) < 4.78 is 7.17. The van der Waals surface area contributed by atoms with Crippen molar-refractivity contribution >= 4 is 11.3 Å². The maximum absolute atomic E-state index is 12.4. The third kappa shape index (κ3) is 2.71. The normalized spacial score (nSPS) is 24.5. The van der Waals surface area contributed by atoms with E-state index in [0.29, 0.717) is 31.1 Å². The molecule has 1 aromatic rings. The minimum atomic E-state index is -0.237. The van der Waals surface area contributed by atoms with Crippen LogP contribution in [-0.2, 0) is 24.1 Å². The van der Waals surface area contributed by atoms with Crippen LogP contribution in [0, 0.1) is 16.7 Å². The molecule has 1 saturated heterocycles. The van der Waals surface area contributed by atoms with Gasteiger partial charge in [-0.2, -0.15) is 0 Å². The summed E-state index contributed by atoms with van der Waals surface area (Å²) in [7, 11) is 0. The van der Waals surface area contributed by atoms with E-state index in [1.165, 1.54) is 21.9 Å². The molecule has 1 N–H and O–H groups in total. The van der Waals surface area contributed by atoms with E-state index in [1.807, 2.05) is 4.57 Å². The topological polar surface area (TPSA) is 51.5 Å². The second-order valence-electron chi connectivity index (χ2n) is 7.78. The van der Waals surface area contributed by atoms with Crippen molar-refractivity contribution < 1.29 is 9.84 Å². The summed E-state index contributed by atoms with van der Waals surface area (Å²) in [5, 5.41) is 9.59. The molecule has 0 saturated carbocycles. The van der Waals surface area contributed by atoms with Gasteiger partial charge in [0.1, 0.15) is 0 Å². The highest BCUT2D eigenvalue weighted by atomic mass is 32.1. The van der Waals surface area contributed by atoms with Crippen LogP contribution in [0.3, 0.4) is 0 Å². The summed E-state index contributed by atoms with van der Waals surface area (Å²) in [5.74, 6) is 0.648. The van der Waals surface area contributed by atoms with Gasteiger partial charge in [-0.1, -0.05) is 32.1 Å².